The van der Waals surface area contributed by atoms with E-state index >= 15 is 0 Å². The van der Waals surface area contributed by atoms with E-state index in [4.69, 9.17) is 9.47 Å². The quantitative estimate of drug-likeness (QED) is 0.813. The molecule has 1 aromatic carbocycles. The molecule has 1 atom stereocenters. The summed E-state index contributed by atoms with van der Waals surface area (Å²) in [6, 6.07) is 9.23. The third-order valence-corrected chi connectivity index (χ3v) is 3.10. The average molecular weight is 274 g/mol. The molecule has 0 aliphatic rings. The van der Waals surface area contributed by atoms with E-state index in [2.05, 4.69) is 10.3 Å². The van der Waals surface area contributed by atoms with Crippen LogP contribution < -0.4 is 10.1 Å². The molecule has 0 amide bonds. The summed E-state index contributed by atoms with van der Waals surface area (Å²) in [7, 11) is 3.10. The van der Waals surface area contributed by atoms with E-state index in [0.29, 0.717) is 13.0 Å². The molecule has 2 rings (SSSR count). The monoisotopic (exact) mass is 274 g/mol. The van der Waals surface area contributed by atoms with Crippen LogP contribution in [0.2, 0.25) is 0 Å². The van der Waals surface area contributed by atoms with Gasteiger partial charge < -0.3 is 14.8 Å². The van der Waals surface area contributed by atoms with Crippen molar-refractivity contribution < 1.29 is 14.3 Å². The molecule has 0 aliphatic carbocycles. The fraction of sp³-hybridized carbons (Fsp3) is 0.333. The molecular weight excluding hydrogens is 256 g/mol. The minimum Gasteiger partial charge on any atom is -0.493 e. The molecular formula is C15H18N2O3. The molecule has 5 nitrogen and oxygen atoms in total. The maximum Gasteiger partial charge on any atom is 0.322 e. The van der Waals surface area contributed by atoms with Crippen LogP contribution in [0.15, 0.2) is 36.5 Å². The van der Waals surface area contributed by atoms with E-state index in [1.807, 2.05) is 30.3 Å². The lowest BCUT2D eigenvalue weighted by atomic mass is 10.2. The zero-order valence-corrected chi connectivity index (χ0v) is 11.6. The second-order valence-corrected chi connectivity index (χ2v) is 4.33. The van der Waals surface area contributed by atoms with E-state index in [0.717, 1.165) is 16.7 Å². The van der Waals surface area contributed by atoms with E-state index in [1.165, 1.54) is 7.11 Å². The van der Waals surface area contributed by atoms with Gasteiger partial charge in [0, 0.05) is 18.0 Å². The molecule has 0 fully saturated rings. The Kier molecular flexibility index (Phi) is 4.90. The third kappa shape index (κ3) is 3.24. The van der Waals surface area contributed by atoms with E-state index in [9.17, 15) is 4.79 Å². The zero-order chi connectivity index (χ0) is 14.4. The fourth-order valence-electron chi connectivity index (χ4n) is 2.01. The number of fused-ring (bicyclic) bond motifs is 1. The minimum absolute atomic E-state index is 0.282. The van der Waals surface area contributed by atoms with E-state index in [1.54, 1.807) is 13.2 Å². The van der Waals surface area contributed by atoms with Gasteiger partial charge in [-0.3, -0.25) is 9.78 Å². The van der Waals surface area contributed by atoms with Crippen LogP contribution in [0.25, 0.3) is 10.9 Å². The number of rotatable bonds is 6. The Labute approximate surface area is 117 Å². The summed E-state index contributed by atoms with van der Waals surface area (Å²) in [6.45, 7) is 0.425. The van der Waals surface area contributed by atoms with Crippen molar-refractivity contribution in [2.45, 2.75) is 12.5 Å². The number of nitrogens with one attached hydrogen (secondary N) is 1. The van der Waals surface area contributed by atoms with Crippen molar-refractivity contribution in [1.29, 1.82) is 0 Å². The van der Waals surface area contributed by atoms with Crippen LogP contribution in [0.3, 0.4) is 0 Å². The molecule has 1 aromatic heterocycles. The number of carbonyl (C=O) groups excluding carboxylic acids is 1. The molecule has 0 spiro atoms. The van der Waals surface area contributed by atoms with Crippen molar-refractivity contribution in [3.05, 3.63) is 36.5 Å². The number of hydrogen-bond acceptors (Lipinski definition) is 5. The van der Waals surface area contributed by atoms with Crippen LogP contribution in [-0.4, -0.2) is 37.8 Å². The highest BCUT2D eigenvalue weighted by atomic mass is 16.5. The predicted octanol–water partition coefficient (Wildman–Crippen LogP) is 1.76. The number of benzene rings is 1. The van der Waals surface area contributed by atoms with Crippen LogP contribution in [0.5, 0.6) is 5.75 Å². The Morgan fingerprint density at radius 3 is 2.95 bits per heavy atom. The number of nitrogens with zero attached hydrogens (tertiary/aromatic N) is 1. The maximum absolute atomic E-state index is 11.4. The lowest BCUT2D eigenvalue weighted by Gasteiger charge is -2.14. The highest BCUT2D eigenvalue weighted by molar-refractivity contribution is 5.84. The molecule has 2 aromatic rings. The van der Waals surface area contributed by atoms with Crippen LogP contribution in [0, 0.1) is 0 Å². The molecule has 106 valence electrons. The predicted molar refractivity (Wildman–Crippen MR) is 76.7 cm³/mol. The van der Waals surface area contributed by atoms with Crippen LogP contribution in [0.4, 0.5) is 0 Å². The van der Waals surface area contributed by atoms with E-state index in [-0.39, 0.29) is 12.0 Å². The fourth-order valence-corrected chi connectivity index (χ4v) is 2.01. The number of likely N-dealkylation sites (N-methyl/N-ethyl adjacent to an activating group) is 1. The Morgan fingerprint density at radius 1 is 1.35 bits per heavy atom. The summed E-state index contributed by atoms with van der Waals surface area (Å²) in [5, 5.41) is 3.88. The van der Waals surface area contributed by atoms with Crippen molar-refractivity contribution in [2.24, 2.45) is 0 Å². The molecule has 1 N–H and O–H groups in total. The molecule has 0 aliphatic heterocycles. The number of methoxy groups -OCH3 is 1. The van der Waals surface area contributed by atoms with Gasteiger partial charge in [0.05, 0.1) is 19.2 Å². The molecule has 0 saturated carbocycles. The van der Waals surface area contributed by atoms with Crippen LogP contribution >= 0.6 is 0 Å². The van der Waals surface area contributed by atoms with Gasteiger partial charge in [0.1, 0.15) is 11.8 Å². The number of aromatic nitrogens is 1. The molecule has 1 heterocycles. The highest BCUT2D eigenvalue weighted by Gasteiger charge is 2.16. The number of esters is 1. The normalized spacial score (nSPS) is 12.1. The molecule has 5 heteroatoms. The second kappa shape index (κ2) is 6.86. The van der Waals surface area contributed by atoms with Crippen molar-refractivity contribution in [1.82, 2.24) is 10.3 Å². The first-order chi connectivity index (χ1) is 9.76. The Morgan fingerprint density at radius 2 is 2.20 bits per heavy atom. The van der Waals surface area contributed by atoms with Gasteiger partial charge in [-0.15, -0.1) is 0 Å². The van der Waals surface area contributed by atoms with Gasteiger partial charge in [-0.1, -0.05) is 6.07 Å². The largest absolute Gasteiger partial charge is 0.493 e. The first-order valence-corrected chi connectivity index (χ1v) is 6.48. The van der Waals surface area contributed by atoms with Gasteiger partial charge in [0.25, 0.3) is 0 Å². The van der Waals surface area contributed by atoms with Gasteiger partial charge >= 0.3 is 5.97 Å². The van der Waals surface area contributed by atoms with Crippen LogP contribution in [-0.2, 0) is 9.53 Å². The highest BCUT2D eigenvalue weighted by Crippen LogP contribution is 2.23. The third-order valence-electron chi connectivity index (χ3n) is 3.10. The Hall–Kier alpha value is -2.14. The van der Waals surface area contributed by atoms with Crippen molar-refractivity contribution in [2.75, 3.05) is 20.8 Å². The number of hydrogen-bond donors (Lipinski definition) is 1. The summed E-state index contributed by atoms with van der Waals surface area (Å²) in [6.07, 6.45) is 2.29. The molecule has 1 unspecified atom stereocenters. The van der Waals surface area contributed by atoms with Crippen molar-refractivity contribution >= 4 is 16.9 Å². The average Bonchev–Trinajstić information content (AvgIpc) is 2.51. The standard InChI is InChI=1S/C15H18N2O3/c1-16-13(15(18)19-2)8-10-20-14-7-3-6-12-11(14)5-4-9-17-12/h3-7,9,13,16H,8,10H2,1-2H3. The van der Waals surface area contributed by atoms with Gasteiger partial charge in [-0.05, 0) is 31.3 Å². The summed E-state index contributed by atoms with van der Waals surface area (Å²) >= 11 is 0. The van der Waals surface area contributed by atoms with Crippen molar-refractivity contribution in [3.63, 3.8) is 0 Å². The number of carbonyl (C=O) groups is 1. The first kappa shape index (κ1) is 14.3. The molecule has 0 radical (unpaired) electrons. The molecule has 20 heavy (non-hydrogen) atoms. The van der Waals surface area contributed by atoms with Crippen LogP contribution in [0.1, 0.15) is 6.42 Å². The molecule has 0 bridgehead atoms. The van der Waals surface area contributed by atoms with Gasteiger partial charge in [-0.2, -0.15) is 0 Å². The zero-order valence-electron chi connectivity index (χ0n) is 11.6. The lowest BCUT2D eigenvalue weighted by molar-refractivity contribution is -0.143. The second-order valence-electron chi connectivity index (χ2n) is 4.33. The minimum atomic E-state index is -0.354. The molecule has 0 saturated heterocycles. The number of pyridine rings is 1. The topological polar surface area (TPSA) is 60.5 Å². The van der Waals surface area contributed by atoms with Gasteiger partial charge in [0.15, 0.2) is 0 Å². The van der Waals surface area contributed by atoms with Gasteiger partial charge in [-0.25, -0.2) is 0 Å². The van der Waals surface area contributed by atoms with E-state index < -0.39 is 0 Å². The summed E-state index contributed by atoms with van der Waals surface area (Å²) in [4.78, 5) is 15.7. The first-order valence-electron chi connectivity index (χ1n) is 6.48. The number of ether oxygens (including phenoxy) is 2. The Balaban J connectivity index is 2.01. The Bertz CT molecular complexity index is 581. The smallest absolute Gasteiger partial charge is 0.322 e. The summed E-state index contributed by atoms with van der Waals surface area (Å²) in [5.74, 6) is 0.492. The van der Waals surface area contributed by atoms with Gasteiger partial charge in [0.2, 0.25) is 0 Å². The lowest BCUT2D eigenvalue weighted by Crippen LogP contribution is -2.36. The summed E-state index contributed by atoms with van der Waals surface area (Å²) < 4.78 is 10.5. The SMILES string of the molecule is CNC(CCOc1cccc2ncccc12)C(=O)OC. The maximum atomic E-state index is 11.4. The summed E-state index contributed by atoms with van der Waals surface area (Å²) in [5.41, 5.74) is 0.892. The van der Waals surface area contributed by atoms with Crippen molar-refractivity contribution in [3.8, 4) is 5.75 Å².